The van der Waals surface area contributed by atoms with Crippen LogP contribution in [0.1, 0.15) is 13.3 Å². The summed E-state index contributed by atoms with van der Waals surface area (Å²) in [5, 5.41) is 9.65. The van der Waals surface area contributed by atoms with Crippen molar-refractivity contribution < 1.29 is 18.3 Å². The largest absolute Gasteiger partial charge is 0.495 e. The molecule has 0 radical (unpaired) electrons. The maximum Gasteiger partial charge on any atom is 0.243 e. The van der Waals surface area contributed by atoms with Crippen molar-refractivity contribution in [2.24, 2.45) is 5.92 Å². The first-order valence-electron chi connectivity index (χ1n) is 6.38. The summed E-state index contributed by atoms with van der Waals surface area (Å²) < 4.78 is 31.6. The number of hydrogen-bond acceptors (Lipinski definition) is 4. The molecule has 1 aromatic rings. The van der Waals surface area contributed by atoms with E-state index >= 15 is 0 Å². The fourth-order valence-electron chi connectivity index (χ4n) is 2.49. The minimum atomic E-state index is -3.65. The number of methoxy groups -OCH3 is 1. The molecule has 2 rings (SSSR count). The van der Waals surface area contributed by atoms with Crippen molar-refractivity contribution in [3.05, 3.63) is 23.2 Å². The van der Waals surface area contributed by atoms with Crippen LogP contribution in [0.15, 0.2) is 23.1 Å². The summed E-state index contributed by atoms with van der Waals surface area (Å²) in [5.74, 6) is 0.572. The van der Waals surface area contributed by atoms with E-state index in [1.807, 2.05) is 6.92 Å². The van der Waals surface area contributed by atoms with Crippen molar-refractivity contribution in [1.29, 1.82) is 0 Å². The topological polar surface area (TPSA) is 66.8 Å². The number of ether oxygens (including phenoxy) is 1. The van der Waals surface area contributed by atoms with Crippen LogP contribution in [0, 0.1) is 5.92 Å². The van der Waals surface area contributed by atoms with E-state index in [0.29, 0.717) is 12.3 Å². The summed E-state index contributed by atoms with van der Waals surface area (Å²) in [6.07, 6.45) is 0.744. The van der Waals surface area contributed by atoms with Gasteiger partial charge in [0.2, 0.25) is 10.0 Å². The molecule has 0 amide bonds. The third-order valence-corrected chi connectivity index (χ3v) is 5.96. The van der Waals surface area contributed by atoms with Gasteiger partial charge in [-0.1, -0.05) is 18.5 Å². The number of aliphatic hydroxyl groups excluding tert-OH is 1. The number of hydrogen-bond donors (Lipinski definition) is 1. The number of rotatable bonds is 4. The predicted octanol–water partition coefficient (Wildman–Crippen LogP) is 1.74. The Morgan fingerprint density at radius 1 is 1.50 bits per heavy atom. The highest BCUT2D eigenvalue weighted by Crippen LogP contribution is 2.33. The number of benzene rings is 1. The van der Waals surface area contributed by atoms with Crippen LogP contribution < -0.4 is 4.74 Å². The molecule has 1 fully saturated rings. The third kappa shape index (κ3) is 2.65. The quantitative estimate of drug-likeness (QED) is 0.918. The van der Waals surface area contributed by atoms with Crippen LogP contribution in [0.2, 0.25) is 5.02 Å². The van der Waals surface area contributed by atoms with E-state index in [2.05, 4.69) is 0 Å². The molecule has 1 heterocycles. The van der Waals surface area contributed by atoms with Gasteiger partial charge in [0, 0.05) is 6.54 Å². The molecule has 1 N–H and O–H groups in total. The third-order valence-electron chi connectivity index (χ3n) is 3.75. The molecule has 112 valence electrons. The van der Waals surface area contributed by atoms with Gasteiger partial charge < -0.3 is 9.84 Å². The second kappa shape index (κ2) is 5.89. The van der Waals surface area contributed by atoms with Crippen molar-refractivity contribution >= 4 is 21.6 Å². The average molecular weight is 320 g/mol. The summed E-state index contributed by atoms with van der Waals surface area (Å²) in [6, 6.07) is 4.01. The molecular formula is C13H18ClNO4S. The molecule has 7 heteroatoms. The standard InChI is InChI=1S/C13H18ClNO4S/c1-9-5-6-15(12(9)8-16)20(17,18)10-3-4-13(19-2)11(14)7-10/h3-4,7,9,12,16H,5-6,8H2,1-2H3. The van der Waals surface area contributed by atoms with Gasteiger partial charge in [0.25, 0.3) is 0 Å². The van der Waals surface area contributed by atoms with Crippen LogP contribution in [-0.4, -0.2) is 44.1 Å². The molecule has 1 saturated heterocycles. The Morgan fingerprint density at radius 3 is 2.75 bits per heavy atom. The Labute approximate surface area is 124 Å². The smallest absolute Gasteiger partial charge is 0.243 e. The van der Waals surface area contributed by atoms with E-state index in [-0.39, 0.29) is 28.5 Å². The highest BCUT2D eigenvalue weighted by Gasteiger charge is 2.39. The van der Waals surface area contributed by atoms with E-state index in [9.17, 15) is 13.5 Å². The van der Waals surface area contributed by atoms with Crippen molar-refractivity contribution in [2.75, 3.05) is 20.3 Å². The molecule has 1 aromatic carbocycles. The van der Waals surface area contributed by atoms with Gasteiger partial charge in [-0.15, -0.1) is 0 Å². The van der Waals surface area contributed by atoms with Gasteiger partial charge in [0.1, 0.15) is 5.75 Å². The molecule has 2 unspecified atom stereocenters. The van der Waals surface area contributed by atoms with Gasteiger partial charge in [0.15, 0.2) is 0 Å². The van der Waals surface area contributed by atoms with Crippen LogP contribution in [-0.2, 0) is 10.0 Å². The van der Waals surface area contributed by atoms with Crippen molar-refractivity contribution in [3.63, 3.8) is 0 Å². The van der Waals surface area contributed by atoms with Gasteiger partial charge in [-0.2, -0.15) is 4.31 Å². The molecule has 20 heavy (non-hydrogen) atoms. The van der Waals surface area contributed by atoms with Crippen molar-refractivity contribution in [1.82, 2.24) is 4.31 Å². The summed E-state index contributed by atoms with van der Waals surface area (Å²) in [6.45, 7) is 2.18. The zero-order chi connectivity index (χ0) is 14.9. The van der Waals surface area contributed by atoms with Gasteiger partial charge in [0.05, 0.1) is 29.7 Å². The zero-order valence-corrected chi connectivity index (χ0v) is 13.0. The molecule has 1 aliphatic heterocycles. The van der Waals surface area contributed by atoms with E-state index in [1.165, 1.54) is 29.6 Å². The Bertz CT molecular complexity index is 590. The van der Waals surface area contributed by atoms with Crippen LogP contribution in [0.5, 0.6) is 5.75 Å². The van der Waals surface area contributed by atoms with Crippen LogP contribution >= 0.6 is 11.6 Å². The molecule has 0 aromatic heterocycles. The molecule has 0 saturated carbocycles. The van der Waals surface area contributed by atoms with Gasteiger partial charge >= 0.3 is 0 Å². The van der Waals surface area contributed by atoms with E-state index in [4.69, 9.17) is 16.3 Å². The summed E-state index contributed by atoms with van der Waals surface area (Å²) in [5.41, 5.74) is 0. The van der Waals surface area contributed by atoms with Crippen LogP contribution in [0.25, 0.3) is 0 Å². The number of aliphatic hydroxyl groups is 1. The van der Waals surface area contributed by atoms with Crippen molar-refractivity contribution in [3.8, 4) is 5.75 Å². The first-order valence-corrected chi connectivity index (χ1v) is 8.20. The van der Waals surface area contributed by atoms with Gasteiger partial charge in [-0.05, 0) is 30.5 Å². The van der Waals surface area contributed by atoms with E-state index in [0.717, 1.165) is 6.42 Å². The lowest BCUT2D eigenvalue weighted by Gasteiger charge is -2.24. The van der Waals surface area contributed by atoms with E-state index < -0.39 is 10.0 Å². The maximum atomic E-state index is 12.6. The summed E-state index contributed by atoms with van der Waals surface area (Å²) in [7, 11) is -2.18. The number of halogens is 1. The first-order chi connectivity index (χ1) is 9.41. The molecule has 0 spiro atoms. The Kier molecular flexibility index (Phi) is 4.59. The first kappa shape index (κ1) is 15.6. The highest BCUT2D eigenvalue weighted by atomic mass is 35.5. The fourth-order valence-corrected chi connectivity index (χ4v) is 4.56. The fraction of sp³-hybridized carbons (Fsp3) is 0.538. The zero-order valence-electron chi connectivity index (χ0n) is 11.4. The Hall–Kier alpha value is -0.820. The SMILES string of the molecule is COc1ccc(S(=O)(=O)N2CCC(C)C2CO)cc1Cl. The minimum Gasteiger partial charge on any atom is -0.495 e. The van der Waals surface area contributed by atoms with E-state index in [1.54, 1.807) is 0 Å². The lowest BCUT2D eigenvalue weighted by molar-refractivity contribution is 0.191. The summed E-state index contributed by atoms with van der Waals surface area (Å²) >= 11 is 5.98. The van der Waals surface area contributed by atoms with Crippen LogP contribution in [0.4, 0.5) is 0 Å². The van der Waals surface area contributed by atoms with Gasteiger partial charge in [-0.25, -0.2) is 8.42 Å². The lowest BCUT2D eigenvalue weighted by atomic mass is 10.0. The normalized spacial score (nSPS) is 24.0. The second-order valence-electron chi connectivity index (χ2n) is 4.93. The second-order valence-corrected chi connectivity index (χ2v) is 7.23. The molecule has 0 aliphatic carbocycles. The lowest BCUT2D eigenvalue weighted by Crippen LogP contribution is -2.39. The molecular weight excluding hydrogens is 302 g/mol. The molecule has 2 atom stereocenters. The average Bonchev–Trinajstić information content (AvgIpc) is 2.80. The minimum absolute atomic E-state index is 0.121. The molecule has 0 bridgehead atoms. The number of sulfonamides is 1. The Morgan fingerprint density at radius 2 is 2.20 bits per heavy atom. The predicted molar refractivity (Wildman–Crippen MR) is 76.6 cm³/mol. The monoisotopic (exact) mass is 319 g/mol. The van der Waals surface area contributed by atoms with Crippen LogP contribution in [0.3, 0.4) is 0 Å². The number of nitrogens with zero attached hydrogens (tertiary/aromatic N) is 1. The Balaban J connectivity index is 2.38. The van der Waals surface area contributed by atoms with Crippen molar-refractivity contribution in [2.45, 2.75) is 24.3 Å². The maximum absolute atomic E-state index is 12.6. The van der Waals surface area contributed by atoms with Gasteiger partial charge in [-0.3, -0.25) is 0 Å². The summed E-state index contributed by atoms with van der Waals surface area (Å²) in [4.78, 5) is 0.121. The highest BCUT2D eigenvalue weighted by molar-refractivity contribution is 7.89. The molecule has 1 aliphatic rings. The molecule has 5 nitrogen and oxygen atoms in total.